The lowest BCUT2D eigenvalue weighted by Gasteiger charge is -2.21. The molecule has 0 saturated carbocycles. The summed E-state index contributed by atoms with van der Waals surface area (Å²) in [7, 11) is 0. The van der Waals surface area contributed by atoms with Crippen LogP contribution in [0.5, 0.6) is 11.6 Å². The zero-order valence-corrected chi connectivity index (χ0v) is 13.2. The third-order valence-corrected chi connectivity index (χ3v) is 3.69. The van der Waals surface area contributed by atoms with Crippen LogP contribution < -0.4 is 15.4 Å². The topological polar surface area (TPSA) is 77.2 Å². The number of nitrogens with zero attached hydrogens (tertiary/aromatic N) is 4. The van der Waals surface area contributed by atoms with Crippen molar-refractivity contribution in [2.24, 2.45) is 0 Å². The molecule has 0 radical (unpaired) electrons. The summed E-state index contributed by atoms with van der Waals surface area (Å²) in [6, 6.07) is 9.64. The number of fused-ring (bicyclic) bond motifs is 1. The van der Waals surface area contributed by atoms with E-state index in [1.165, 1.54) is 6.33 Å². The van der Waals surface area contributed by atoms with E-state index in [0.29, 0.717) is 23.1 Å². The first-order valence-corrected chi connectivity index (χ1v) is 7.61. The zero-order valence-electron chi connectivity index (χ0n) is 13.2. The molecule has 0 fully saturated rings. The monoisotopic (exact) mass is 309 g/mol. The van der Waals surface area contributed by atoms with E-state index in [4.69, 9.17) is 10.5 Å². The molecule has 2 heterocycles. The van der Waals surface area contributed by atoms with Crippen LogP contribution in [0.3, 0.4) is 0 Å². The average Bonchev–Trinajstić information content (AvgIpc) is 2.59. The van der Waals surface area contributed by atoms with Crippen molar-refractivity contribution in [1.29, 1.82) is 0 Å². The van der Waals surface area contributed by atoms with Gasteiger partial charge in [-0.2, -0.15) is 4.98 Å². The zero-order chi connectivity index (χ0) is 16.2. The molecule has 0 unspecified atom stereocenters. The van der Waals surface area contributed by atoms with Crippen molar-refractivity contribution in [2.45, 2.75) is 13.8 Å². The number of pyridine rings is 1. The smallest absolute Gasteiger partial charge is 0.248 e. The van der Waals surface area contributed by atoms with Crippen LogP contribution in [-0.4, -0.2) is 28.0 Å². The van der Waals surface area contributed by atoms with E-state index < -0.39 is 0 Å². The minimum absolute atomic E-state index is 0.347. The molecule has 2 aromatic heterocycles. The minimum Gasteiger partial charge on any atom is -0.435 e. The summed E-state index contributed by atoms with van der Waals surface area (Å²) in [5.74, 6) is 1.66. The Labute approximate surface area is 135 Å². The standard InChI is InChI=1S/C17H19N5O/c1-3-22(4-2)16-14(18)17(21-11-20-16)23-13-9-5-7-12-8-6-10-19-15(12)13/h5-11H,3-4,18H2,1-2H3. The van der Waals surface area contributed by atoms with E-state index in [2.05, 4.69) is 33.7 Å². The van der Waals surface area contributed by atoms with Crippen molar-refractivity contribution in [3.05, 3.63) is 42.9 Å². The maximum Gasteiger partial charge on any atom is 0.248 e. The van der Waals surface area contributed by atoms with E-state index in [1.54, 1.807) is 6.20 Å². The molecule has 23 heavy (non-hydrogen) atoms. The van der Waals surface area contributed by atoms with Crippen molar-refractivity contribution in [3.63, 3.8) is 0 Å². The number of anilines is 2. The molecule has 0 aliphatic carbocycles. The Morgan fingerprint density at radius 3 is 2.61 bits per heavy atom. The third kappa shape index (κ3) is 2.88. The molecule has 0 saturated heterocycles. The molecule has 0 spiro atoms. The molecule has 118 valence electrons. The fourth-order valence-corrected chi connectivity index (χ4v) is 2.49. The number of hydrogen-bond acceptors (Lipinski definition) is 6. The Bertz CT molecular complexity index is 812. The summed E-state index contributed by atoms with van der Waals surface area (Å²) < 4.78 is 5.94. The van der Waals surface area contributed by atoms with Gasteiger partial charge in [0.2, 0.25) is 5.88 Å². The number of rotatable bonds is 5. The maximum atomic E-state index is 6.22. The highest BCUT2D eigenvalue weighted by Crippen LogP contribution is 2.33. The fourth-order valence-electron chi connectivity index (χ4n) is 2.49. The number of benzene rings is 1. The van der Waals surface area contributed by atoms with Crippen LogP contribution in [0.15, 0.2) is 42.9 Å². The van der Waals surface area contributed by atoms with Gasteiger partial charge in [-0.05, 0) is 26.0 Å². The number of aromatic nitrogens is 3. The SMILES string of the molecule is CCN(CC)c1ncnc(Oc2cccc3cccnc23)c1N. The fraction of sp³-hybridized carbons (Fsp3) is 0.235. The molecule has 0 atom stereocenters. The highest BCUT2D eigenvalue weighted by molar-refractivity contribution is 5.84. The molecule has 0 amide bonds. The summed E-state index contributed by atoms with van der Waals surface area (Å²) >= 11 is 0. The van der Waals surface area contributed by atoms with E-state index in [0.717, 1.165) is 24.0 Å². The van der Waals surface area contributed by atoms with Crippen LogP contribution in [-0.2, 0) is 0 Å². The quantitative estimate of drug-likeness (QED) is 0.779. The van der Waals surface area contributed by atoms with E-state index >= 15 is 0 Å². The normalized spacial score (nSPS) is 10.7. The van der Waals surface area contributed by atoms with Gasteiger partial charge in [0.25, 0.3) is 0 Å². The van der Waals surface area contributed by atoms with E-state index in [1.807, 2.05) is 30.3 Å². The highest BCUT2D eigenvalue weighted by atomic mass is 16.5. The van der Waals surface area contributed by atoms with Crippen molar-refractivity contribution >= 4 is 22.4 Å². The number of ether oxygens (including phenoxy) is 1. The van der Waals surface area contributed by atoms with Crippen molar-refractivity contribution in [3.8, 4) is 11.6 Å². The lowest BCUT2D eigenvalue weighted by atomic mass is 10.2. The molecule has 0 bridgehead atoms. The van der Waals surface area contributed by atoms with Crippen LogP contribution in [0.1, 0.15) is 13.8 Å². The summed E-state index contributed by atoms with van der Waals surface area (Å²) in [5, 5.41) is 1.00. The van der Waals surface area contributed by atoms with Gasteiger partial charge in [0, 0.05) is 24.7 Å². The maximum absolute atomic E-state index is 6.22. The van der Waals surface area contributed by atoms with Crippen LogP contribution >= 0.6 is 0 Å². The van der Waals surface area contributed by atoms with Gasteiger partial charge < -0.3 is 15.4 Å². The van der Waals surface area contributed by atoms with Gasteiger partial charge in [-0.15, -0.1) is 0 Å². The third-order valence-electron chi connectivity index (χ3n) is 3.69. The van der Waals surface area contributed by atoms with E-state index in [9.17, 15) is 0 Å². The van der Waals surface area contributed by atoms with Gasteiger partial charge in [0.15, 0.2) is 11.6 Å². The second-order valence-electron chi connectivity index (χ2n) is 5.02. The Morgan fingerprint density at radius 2 is 1.83 bits per heavy atom. The van der Waals surface area contributed by atoms with Gasteiger partial charge >= 0.3 is 0 Å². The summed E-state index contributed by atoms with van der Waals surface area (Å²) in [6.07, 6.45) is 3.21. The molecule has 1 aromatic carbocycles. The van der Waals surface area contributed by atoms with Crippen LogP contribution in [0.4, 0.5) is 11.5 Å². The molecule has 0 aliphatic rings. The summed E-state index contributed by atoms with van der Waals surface area (Å²) in [6.45, 7) is 5.74. The van der Waals surface area contributed by atoms with E-state index in [-0.39, 0.29) is 0 Å². The molecule has 6 heteroatoms. The molecule has 3 rings (SSSR count). The van der Waals surface area contributed by atoms with Crippen LogP contribution in [0.25, 0.3) is 10.9 Å². The Balaban J connectivity index is 2.01. The molecule has 2 N–H and O–H groups in total. The van der Waals surface area contributed by atoms with Crippen LogP contribution in [0.2, 0.25) is 0 Å². The molecular weight excluding hydrogens is 290 g/mol. The first kappa shape index (κ1) is 15.0. The summed E-state index contributed by atoms with van der Waals surface area (Å²) in [5.41, 5.74) is 7.42. The highest BCUT2D eigenvalue weighted by Gasteiger charge is 2.15. The van der Waals surface area contributed by atoms with Crippen LogP contribution in [0, 0.1) is 0 Å². The molecule has 3 aromatic rings. The summed E-state index contributed by atoms with van der Waals surface area (Å²) in [4.78, 5) is 14.9. The van der Waals surface area contributed by atoms with Crippen molar-refractivity contribution in [2.75, 3.05) is 23.7 Å². The lowest BCUT2D eigenvalue weighted by molar-refractivity contribution is 0.468. The van der Waals surface area contributed by atoms with Crippen molar-refractivity contribution < 1.29 is 4.74 Å². The largest absolute Gasteiger partial charge is 0.435 e. The van der Waals surface area contributed by atoms with Gasteiger partial charge in [-0.1, -0.05) is 18.2 Å². The van der Waals surface area contributed by atoms with Gasteiger partial charge in [-0.3, -0.25) is 4.98 Å². The first-order chi connectivity index (χ1) is 11.2. The van der Waals surface area contributed by atoms with Gasteiger partial charge in [0.1, 0.15) is 17.5 Å². The molecule has 6 nitrogen and oxygen atoms in total. The first-order valence-electron chi connectivity index (χ1n) is 7.61. The Hall–Kier alpha value is -2.89. The predicted octanol–water partition coefficient (Wildman–Crippen LogP) is 3.25. The minimum atomic E-state index is 0.347. The van der Waals surface area contributed by atoms with Gasteiger partial charge in [-0.25, -0.2) is 4.98 Å². The van der Waals surface area contributed by atoms with Gasteiger partial charge in [0.05, 0.1) is 0 Å². The number of para-hydroxylation sites is 1. The van der Waals surface area contributed by atoms with Crippen molar-refractivity contribution in [1.82, 2.24) is 15.0 Å². The Morgan fingerprint density at radius 1 is 1.04 bits per heavy atom. The molecule has 0 aliphatic heterocycles. The Kier molecular flexibility index (Phi) is 4.23. The predicted molar refractivity (Wildman–Crippen MR) is 91.8 cm³/mol. The average molecular weight is 309 g/mol. The second-order valence-corrected chi connectivity index (χ2v) is 5.02. The molecular formula is C17H19N5O. The number of nitrogens with two attached hydrogens (primary N) is 1. The number of nitrogen functional groups attached to an aromatic ring is 1. The lowest BCUT2D eigenvalue weighted by Crippen LogP contribution is -2.24. The second kappa shape index (κ2) is 6.48. The number of hydrogen-bond donors (Lipinski definition) is 1.